The molecule has 0 aliphatic carbocycles. The number of likely N-dealkylation sites (N-methyl/N-ethyl adjacent to an activating group) is 1. The molecule has 1 rings (SSSR count). The summed E-state index contributed by atoms with van der Waals surface area (Å²) >= 11 is 0. The molecule has 0 aromatic heterocycles. The Balaban J connectivity index is 2.38. The predicted molar refractivity (Wildman–Crippen MR) is 58.1 cm³/mol. The zero-order valence-electron chi connectivity index (χ0n) is 9.49. The largest absolute Gasteiger partial charge is 0.351 e. The molecule has 2 unspecified atom stereocenters. The normalized spacial score (nSPS) is 24.2. The summed E-state index contributed by atoms with van der Waals surface area (Å²) in [6.45, 7) is 6.83. The molecule has 0 spiro atoms. The Morgan fingerprint density at radius 3 is 3.07 bits per heavy atom. The van der Waals surface area contributed by atoms with Crippen molar-refractivity contribution < 1.29 is 4.79 Å². The summed E-state index contributed by atoms with van der Waals surface area (Å²) in [5.41, 5.74) is 0. The van der Waals surface area contributed by atoms with E-state index in [1.807, 2.05) is 6.07 Å². The Morgan fingerprint density at radius 2 is 2.47 bits per heavy atom. The third-order valence-electron chi connectivity index (χ3n) is 2.89. The van der Waals surface area contributed by atoms with Crippen LogP contribution in [0.5, 0.6) is 0 Å². The number of carbonyl (C=O) groups excluding carboxylic acids is 1. The summed E-state index contributed by atoms with van der Waals surface area (Å²) in [7, 11) is 0. The fraction of sp³-hybridized carbons (Fsp3) is 0.818. The number of nitriles is 1. The van der Waals surface area contributed by atoms with Gasteiger partial charge in [0.25, 0.3) is 0 Å². The first-order valence-electron chi connectivity index (χ1n) is 5.59. The van der Waals surface area contributed by atoms with Crippen molar-refractivity contribution in [1.82, 2.24) is 10.2 Å². The number of nitrogens with one attached hydrogen (secondary N) is 1. The third kappa shape index (κ3) is 3.52. The van der Waals surface area contributed by atoms with Gasteiger partial charge in [-0.05, 0) is 32.9 Å². The molecule has 84 valence electrons. The summed E-state index contributed by atoms with van der Waals surface area (Å²) in [6.07, 6.45) is 2.15. The van der Waals surface area contributed by atoms with Gasteiger partial charge in [0.15, 0.2) is 0 Å². The molecule has 1 amide bonds. The molecule has 0 saturated carbocycles. The fourth-order valence-corrected chi connectivity index (χ4v) is 1.85. The molecule has 15 heavy (non-hydrogen) atoms. The van der Waals surface area contributed by atoms with E-state index in [4.69, 9.17) is 5.26 Å². The van der Waals surface area contributed by atoms with Crippen LogP contribution in [0.2, 0.25) is 0 Å². The molecule has 1 fully saturated rings. The molecular formula is C11H19N3O. The summed E-state index contributed by atoms with van der Waals surface area (Å²) < 4.78 is 0. The number of nitrogens with zero attached hydrogens (tertiary/aromatic N) is 2. The van der Waals surface area contributed by atoms with Crippen molar-refractivity contribution in [2.75, 3.05) is 19.6 Å². The highest BCUT2D eigenvalue weighted by Gasteiger charge is 2.22. The second-order valence-corrected chi connectivity index (χ2v) is 4.09. The predicted octanol–water partition coefficient (Wildman–Crippen LogP) is 0.747. The van der Waals surface area contributed by atoms with Gasteiger partial charge >= 0.3 is 0 Å². The summed E-state index contributed by atoms with van der Waals surface area (Å²) in [6, 6.07) is 2.18. The minimum Gasteiger partial charge on any atom is -0.351 e. The van der Waals surface area contributed by atoms with Crippen LogP contribution >= 0.6 is 0 Å². The van der Waals surface area contributed by atoms with E-state index >= 15 is 0 Å². The van der Waals surface area contributed by atoms with Crippen LogP contribution in [0, 0.1) is 17.2 Å². The van der Waals surface area contributed by atoms with Gasteiger partial charge in [0.1, 0.15) is 5.92 Å². The van der Waals surface area contributed by atoms with Crippen LogP contribution in [0.25, 0.3) is 0 Å². The maximum atomic E-state index is 11.5. The van der Waals surface area contributed by atoms with Crippen LogP contribution in [0.15, 0.2) is 0 Å². The summed E-state index contributed by atoms with van der Waals surface area (Å²) in [5.74, 6) is -0.678. The Hall–Kier alpha value is -1.08. The molecule has 0 radical (unpaired) electrons. The van der Waals surface area contributed by atoms with E-state index in [0.717, 1.165) is 32.5 Å². The molecule has 0 bridgehead atoms. The van der Waals surface area contributed by atoms with Crippen LogP contribution in [-0.4, -0.2) is 36.5 Å². The van der Waals surface area contributed by atoms with Gasteiger partial charge in [-0.1, -0.05) is 6.92 Å². The maximum absolute atomic E-state index is 11.5. The van der Waals surface area contributed by atoms with Gasteiger partial charge in [-0.15, -0.1) is 0 Å². The molecule has 1 saturated heterocycles. The number of piperidine rings is 1. The number of rotatable bonds is 3. The number of carbonyl (C=O) groups is 1. The van der Waals surface area contributed by atoms with Crippen molar-refractivity contribution in [1.29, 1.82) is 5.26 Å². The van der Waals surface area contributed by atoms with Gasteiger partial charge in [0.05, 0.1) is 6.07 Å². The van der Waals surface area contributed by atoms with E-state index in [1.54, 1.807) is 6.92 Å². The highest BCUT2D eigenvalue weighted by atomic mass is 16.1. The van der Waals surface area contributed by atoms with Gasteiger partial charge < -0.3 is 10.2 Å². The molecular weight excluding hydrogens is 190 g/mol. The average molecular weight is 209 g/mol. The average Bonchev–Trinajstić information content (AvgIpc) is 2.28. The van der Waals surface area contributed by atoms with E-state index in [1.165, 1.54) is 0 Å². The van der Waals surface area contributed by atoms with Crippen molar-refractivity contribution in [2.45, 2.75) is 32.7 Å². The standard InChI is InChI=1S/C11H19N3O/c1-3-14-6-4-5-10(8-14)13-11(15)9(2)7-12/h9-10H,3-6,8H2,1-2H3,(H,13,15). The zero-order chi connectivity index (χ0) is 11.3. The van der Waals surface area contributed by atoms with E-state index in [2.05, 4.69) is 17.1 Å². The molecule has 4 heteroatoms. The Bertz CT molecular complexity index is 259. The number of amides is 1. The van der Waals surface area contributed by atoms with Crippen molar-refractivity contribution in [3.8, 4) is 6.07 Å². The highest BCUT2D eigenvalue weighted by Crippen LogP contribution is 2.10. The minimum atomic E-state index is -0.540. The molecule has 4 nitrogen and oxygen atoms in total. The first-order chi connectivity index (χ1) is 7.17. The lowest BCUT2D eigenvalue weighted by atomic mass is 10.0. The van der Waals surface area contributed by atoms with Gasteiger partial charge in [0, 0.05) is 12.6 Å². The van der Waals surface area contributed by atoms with Crippen LogP contribution in [-0.2, 0) is 4.79 Å². The topological polar surface area (TPSA) is 56.1 Å². The monoisotopic (exact) mass is 209 g/mol. The van der Waals surface area contributed by atoms with E-state index in [0.29, 0.717) is 0 Å². The first-order valence-corrected chi connectivity index (χ1v) is 5.59. The van der Waals surface area contributed by atoms with E-state index < -0.39 is 5.92 Å². The highest BCUT2D eigenvalue weighted by molar-refractivity contribution is 5.80. The maximum Gasteiger partial charge on any atom is 0.237 e. The van der Waals surface area contributed by atoms with Crippen molar-refractivity contribution in [3.63, 3.8) is 0 Å². The molecule has 0 aromatic carbocycles. The van der Waals surface area contributed by atoms with Gasteiger partial charge in [0.2, 0.25) is 5.91 Å². The lowest BCUT2D eigenvalue weighted by Crippen LogP contribution is -2.48. The molecule has 1 aliphatic heterocycles. The molecule has 0 aromatic rings. The third-order valence-corrected chi connectivity index (χ3v) is 2.89. The van der Waals surface area contributed by atoms with Gasteiger partial charge in [-0.3, -0.25) is 4.79 Å². The first kappa shape index (κ1) is 12.0. The summed E-state index contributed by atoms with van der Waals surface area (Å²) in [4.78, 5) is 13.8. The molecule has 1 aliphatic rings. The number of likely N-dealkylation sites (tertiary alicyclic amines) is 1. The minimum absolute atomic E-state index is 0.138. The van der Waals surface area contributed by atoms with Crippen molar-refractivity contribution >= 4 is 5.91 Å². The second-order valence-electron chi connectivity index (χ2n) is 4.09. The second kappa shape index (κ2) is 5.72. The molecule has 2 atom stereocenters. The van der Waals surface area contributed by atoms with Gasteiger partial charge in [-0.25, -0.2) is 0 Å². The van der Waals surface area contributed by atoms with Crippen LogP contribution in [0.3, 0.4) is 0 Å². The smallest absolute Gasteiger partial charge is 0.237 e. The molecule has 1 N–H and O–H groups in total. The SMILES string of the molecule is CCN1CCCC(NC(=O)C(C)C#N)C1. The number of hydrogen-bond acceptors (Lipinski definition) is 3. The van der Waals surface area contributed by atoms with Crippen LogP contribution in [0.1, 0.15) is 26.7 Å². The Labute approximate surface area is 91.2 Å². The molecule has 1 heterocycles. The van der Waals surface area contributed by atoms with Crippen LogP contribution in [0.4, 0.5) is 0 Å². The fourth-order valence-electron chi connectivity index (χ4n) is 1.85. The Kier molecular flexibility index (Phi) is 4.57. The Morgan fingerprint density at radius 1 is 1.73 bits per heavy atom. The lowest BCUT2D eigenvalue weighted by Gasteiger charge is -2.32. The van der Waals surface area contributed by atoms with Gasteiger partial charge in [-0.2, -0.15) is 5.26 Å². The summed E-state index contributed by atoms with van der Waals surface area (Å²) in [5, 5.41) is 11.5. The van der Waals surface area contributed by atoms with E-state index in [-0.39, 0.29) is 11.9 Å². The van der Waals surface area contributed by atoms with Crippen LogP contribution < -0.4 is 5.32 Å². The van der Waals surface area contributed by atoms with Crippen molar-refractivity contribution in [2.24, 2.45) is 5.92 Å². The van der Waals surface area contributed by atoms with Crippen molar-refractivity contribution in [3.05, 3.63) is 0 Å². The quantitative estimate of drug-likeness (QED) is 0.746. The van der Waals surface area contributed by atoms with E-state index in [9.17, 15) is 4.79 Å². The zero-order valence-corrected chi connectivity index (χ0v) is 9.49. The number of hydrogen-bond donors (Lipinski definition) is 1. The lowest BCUT2D eigenvalue weighted by molar-refractivity contribution is -0.124.